The molecule has 0 saturated heterocycles. The topological polar surface area (TPSA) is 76.7 Å². The van der Waals surface area contributed by atoms with Gasteiger partial charge in [-0.3, -0.25) is 0 Å². The van der Waals surface area contributed by atoms with Gasteiger partial charge in [0.05, 0.1) is 18.2 Å². The number of esters is 1. The second kappa shape index (κ2) is 7.49. The Morgan fingerprint density at radius 1 is 1.43 bits per heavy atom. The summed E-state index contributed by atoms with van der Waals surface area (Å²) < 4.78 is 10.6. The van der Waals surface area contributed by atoms with Crippen LogP contribution in [0.1, 0.15) is 25.5 Å². The predicted octanol–water partition coefficient (Wildman–Crippen LogP) is 2.44. The Morgan fingerprint density at radius 3 is 2.91 bits per heavy atom. The van der Waals surface area contributed by atoms with Crippen molar-refractivity contribution in [2.75, 3.05) is 13.2 Å². The number of urea groups is 1. The summed E-state index contributed by atoms with van der Waals surface area (Å²) in [7, 11) is 0. The maximum Gasteiger partial charge on any atom is 0.338 e. The molecule has 23 heavy (non-hydrogen) atoms. The van der Waals surface area contributed by atoms with Crippen LogP contribution in [-0.2, 0) is 9.53 Å². The Hall–Kier alpha value is -2.76. The third kappa shape index (κ3) is 3.91. The quantitative estimate of drug-likeness (QED) is 0.624. The highest BCUT2D eigenvalue weighted by Crippen LogP contribution is 2.29. The molecule has 0 aromatic heterocycles. The van der Waals surface area contributed by atoms with Gasteiger partial charge in [-0.2, -0.15) is 0 Å². The number of ether oxygens (including phenoxy) is 2. The van der Waals surface area contributed by atoms with Crippen molar-refractivity contribution < 1.29 is 19.1 Å². The first-order chi connectivity index (χ1) is 11.1. The second-order valence-electron chi connectivity index (χ2n) is 4.96. The molecule has 1 heterocycles. The second-order valence-corrected chi connectivity index (χ2v) is 4.96. The average Bonchev–Trinajstić information content (AvgIpc) is 2.52. The summed E-state index contributed by atoms with van der Waals surface area (Å²) in [5, 5.41) is 5.35. The van der Waals surface area contributed by atoms with E-state index in [-0.39, 0.29) is 12.6 Å². The van der Waals surface area contributed by atoms with Crippen LogP contribution in [0.5, 0.6) is 5.75 Å². The summed E-state index contributed by atoms with van der Waals surface area (Å²) in [6.45, 7) is 7.66. The molecule has 1 aliphatic rings. The number of hydrogen-bond acceptors (Lipinski definition) is 4. The zero-order valence-corrected chi connectivity index (χ0v) is 13.2. The molecule has 6 heteroatoms. The predicted molar refractivity (Wildman–Crippen MR) is 85.9 cm³/mol. The summed E-state index contributed by atoms with van der Waals surface area (Å²) in [5.41, 5.74) is 1.60. The third-order valence-corrected chi connectivity index (χ3v) is 3.32. The van der Waals surface area contributed by atoms with Crippen LogP contribution >= 0.6 is 0 Å². The Morgan fingerprint density at radius 2 is 2.22 bits per heavy atom. The smallest absolute Gasteiger partial charge is 0.338 e. The molecule has 1 atom stereocenters. The Balaban J connectivity index is 2.37. The molecular weight excluding hydrogens is 296 g/mol. The molecule has 122 valence electrons. The highest BCUT2D eigenvalue weighted by molar-refractivity contribution is 5.95. The van der Waals surface area contributed by atoms with Gasteiger partial charge in [0.1, 0.15) is 12.4 Å². The van der Waals surface area contributed by atoms with Crippen molar-refractivity contribution in [1.29, 1.82) is 0 Å². The summed E-state index contributed by atoms with van der Waals surface area (Å²) >= 11 is 0. The monoisotopic (exact) mass is 316 g/mol. The fourth-order valence-corrected chi connectivity index (χ4v) is 2.36. The van der Waals surface area contributed by atoms with Gasteiger partial charge in [-0.1, -0.05) is 24.8 Å². The van der Waals surface area contributed by atoms with Gasteiger partial charge in [0.2, 0.25) is 0 Å². The summed E-state index contributed by atoms with van der Waals surface area (Å²) in [5.74, 6) is 0.177. The van der Waals surface area contributed by atoms with E-state index in [0.29, 0.717) is 23.6 Å². The van der Waals surface area contributed by atoms with E-state index in [0.717, 1.165) is 5.56 Å². The first kappa shape index (κ1) is 16.6. The summed E-state index contributed by atoms with van der Waals surface area (Å²) in [6, 6.07) is 6.26. The number of rotatable bonds is 6. The number of nitrogens with one attached hydrogen (secondary N) is 2. The van der Waals surface area contributed by atoms with Crippen LogP contribution in [0.15, 0.2) is 48.2 Å². The molecule has 1 aliphatic heterocycles. The lowest BCUT2D eigenvalue weighted by Gasteiger charge is -2.28. The number of hydrogen-bond donors (Lipinski definition) is 2. The molecule has 1 aromatic rings. The summed E-state index contributed by atoms with van der Waals surface area (Å²) in [4.78, 5) is 24.0. The van der Waals surface area contributed by atoms with Crippen LogP contribution in [0.2, 0.25) is 0 Å². The lowest BCUT2D eigenvalue weighted by molar-refractivity contribution is -0.139. The zero-order chi connectivity index (χ0) is 16.8. The van der Waals surface area contributed by atoms with Crippen molar-refractivity contribution >= 4 is 12.0 Å². The number of amides is 2. The zero-order valence-electron chi connectivity index (χ0n) is 13.2. The molecule has 0 spiro atoms. The Bertz CT molecular complexity index is 652. The van der Waals surface area contributed by atoms with E-state index in [1.165, 1.54) is 0 Å². The Kier molecular flexibility index (Phi) is 5.41. The molecular formula is C17H20N2O4. The SMILES string of the molecule is C=CCOc1cccc(C2NC(=O)NC(C)=C2C(=O)OCC)c1. The molecule has 0 radical (unpaired) electrons. The largest absolute Gasteiger partial charge is 0.490 e. The minimum Gasteiger partial charge on any atom is -0.490 e. The van der Waals surface area contributed by atoms with Crippen LogP contribution < -0.4 is 15.4 Å². The van der Waals surface area contributed by atoms with Gasteiger partial charge < -0.3 is 20.1 Å². The highest BCUT2D eigenvalue weighted by atomic mass is 16.5. The van der Waals surface area contributed by atoms with Gasteiger partial charge in [0, 0.05) is 5.70 Å². The van der Waals surface area contributed by atoms with E-state index in [9.17, 15) is 9.59 Å². The summed E-state index contributed by atoms with van der Waals surface area (Å²) in [6.07, 6.45) is 1.65. The molecule has 0 bridgehead atoms. The van der Waals surface area contributed by atoms with Crippen LogP contribution in [0.3, 0.4) is 0 Å². The van der Waals surface area contributed by atoms with E-state index in [4.69, 9.17) is 9.47 Å². The third-order valence-electron chi connectivity index (χ3n) is 3.32. The van der Waals surface area contributed by atoms with Crippen LogP contribution in [0.4, 0.5) is 4.79 Å². The number of carbonyl (C=O) groups is 2. The molecule has 0 fully saturated rings. The van der Waals surface area contributed by atoms with Crippen LogP contribution in [0, 0.1) is 0 Å². The van der Waals surface area contributed by atoms with Crippen molar-refractivity contribution in [2.24, 2.45) is 0 Å². The van der Waals surface area contributed by atoms with E-state index in [2.05, 4.69) is 17.2 Å². The van der Waals surface area contributed by atoms with Crippen molar-refractivity contribution in [3.8, 4) is 5.75 Å². The molecule has 0 aliphatic carbocycles. The first-order valence-electron chi connectivity index (χ1n) is 7.35. The molecule has 1 unspecified atom stereocenters. The lowest BCUT2D eigenvalue weighted by atomic mass is 9.95. The first-order valence-corrected chi connectivity index (χ1v) is 7.35. The lowest BCUT2D eigenvalue weighted by Crippen LogP contribution is -2.45. The van der Waals surface area contributed by atoms with E-state index < -0.39 is 12.0 Å². The van der Waals surface area contributed by atoms with Crippen LogP contribution in [-0.4, -0.2) is 25.2 Å². The fourth-order valence-electron chi connectivity index (χ4n) is 2.36. The standard InChI is InChI=1S/C17H20N2O4/c1-4-9-23-13-8-6-7-12(10-13)15-14(16(20)22-5-2)11(3)18-17(21)19-15/h4,6-8,10,15H,1,5,9H2,2-3H3,(H2,18,19,21). The van der Waals surface area contributed by atoms with Crippen molar-refractivity contribution in [3.05, 3.63) is 53.8 Å². The van der Waals surface area contributed by atoms with Crippen molar-refractivity contribution in [3.63, 3.8) is 0 Å². The normalized spacial score (nSPS) is 17.1. The molecule has 6 nitrogen and oxygen atoms in total. The molecule has 1 aromatic carbocycles. The minimum absolute atomic E-state index is 0.263. The molecule has 2 amide bonds. The number of allylic oxidation sites excluding steroid dienone is 1. The van der Waals surface area contributed by atoms with Crippen LogP contribution in [0.25, 0.3) is 0 Å². The highest BCUT2D eigenvalue weighted by Gasteiger charge is 2.32. The Labute approximate surface area is 135 Å². The van der Waals surface area contributed by atoms with Gasteiger partial charge in [-0.25, -0.2) is 9.59 Å². The maximum absolute atomic E-state index is 12.2. The molecule has 0 saturated carbocycles. The number of carbonyl (C=O) groups excluding carboxylic acids is 2. The molecule has 2 rings (SSSR count). The van der Waals surface area contributed by atoms with Gasteiger partial charge in [0.15, 0.2) is 0 Å². The van der Waals surface area contributed by atoms with Gasteiger partial charge in [0.25, 0.3) is 0 Å². The van der Waals surface area contributed by atoms with Crippen molar-refractivity contribution in [2.45, 2.75) is 19.9 Å². The van der Waals surface area contributed by atoms with Gasteiger partial charge in [-0.05, 0) is 31.5 Å². The molecule has 2 N–H and O–H groups in total. The van der Waals surface area contributed by atoms with E-state index in [1.54, 1.807) is 38.1 Å². The fraction of sp³-hybridized carbons (Fsp3) is 0.294. The average molecular weight is 316 g/mol. The maximum atomic E-state index is 12.2. The minimum atomic E-state index is -0.588. The van der Waals surface area contributed by atoms with Gasteiger partial charge >= 0.3 is 12.0 Å². The van der Waals surface area contributed by atoms with E-state index in [1.807, 2.05) is 6.07 Å². The van der Waals surface area contributed by atoms with Crippen molar-refractivity contribution in [1.82, 2.24) is 10.6 Å². The van der Waals surface area contributed by atoms with E-state index >= 15 is 0 Å². The van der Waals surface area contributed by atoms with Gasteiger partial charge in [-0.15, -0.1) is 0 Å². The number of benzene rings is 1.